The maximum atomic E-state index is 11.1. The van der Waals surface area contributed by atoms with Gasteiger partial charge in [0.05, 0.1) is 11.0 Å². The number of nitrogens with zero attached hydrogens (tertiary/aromatic N) is 3. The van der Waals surface area contributed by atoms with E-state index in [-0.39, 0.29) is 17.6 Å². The van der Waals surface area contributed by atoms with Crippen LogP contribution in [0.15, 0.2) is 0 Å². The van der Waals surface area contributed by atoms with Gasteiger partial charge in [0.15, 0.2) is 0 Å². The highest BCUT2D eigenvalue weighted by Gasteiger charge is 2.23. The molecule has 1 atom stereocenters. The number of ether oxygens (including phenoxy) is 1. The van der Waals surface area contributed by atoms with Crippen LogP contribution >= 0.6 is 0 Å². The van der Waals surface area contributed by atoms with E-state index in [1.807, 2.05) is 0 Å². The molecule has 0 amide bonds. The van der Waals surface area contributed by atoms with Crippen LogP contribution in [-0.4, -0.2) is 41.2 Å². The first-order valence-electron chi connectivity index (χ1n) is 6.68. The zero-order valence-electron chi connectivity index (χ0n) is 11.7. The minimum Gasteiger partial charge on any atom is -0.376 e. The van der Waals surface area contributed by atoms with Crippen LogP contribution in [0.5, 0.6) is 0 Å². The molecule has 1 unspecified atom stereocenters. The van der Waals surface area contributed by atoms with Gasteiger partial charge in [-0.05, 0) is 26.2 Å². The molecule has 0 saturated carbocycles. The fourth-order valence-electron chi connectivity index (χ4n) is 2.20. The molecule has 2 rings (SSSR count). The summed E-state index contributed by atoms with van der Waals surface area (Å²) >= 11 is 0. The smallest absolute Gasteiger partial charge is 0.332 e. The Kier molecular flexibility index (Phi) is 4.67. The summed E-state index contributed by atoms with van der Waals surface area (Å²) in [4.78, 5) is 18.8. The van der Waals surface area contributed by atoms with Gasteiger partial charge in [-0.1, -0.05) is 0 Å². The standard InChI is InChI=1S/C12H19N5O3/c1-8-10(17(18)19)11(16-12(13-2)15-8)14-7-9-5-3-4-6-20-9/h9H,3-7H2,1-2H3,(H2,13,14,15,16). The van der Waals surface area contributed by atoms with Gasteiger partial charge in [0.2, 0.25) is 11.8 Å². The fourth-order valence-corrected chi connectivity index (χ4v) is 2.20. The molecule has 0 radical (unpaired) electrons. The first-order chi connectivity index (χ1) is 9.61. The van der Waals surface area contributed by atoms with Crippen molar-refractivity contribution in [3.63, 3.8) is 0 Å². The van der Waals surface area contributed by atoms with Crippen molar-refractivity contribution >= 4 is 17.5 Å². The summed E-state index contributed by atoms with van der Waals surface area (Å²) in [6.07, 6.45) is 3.24. The van der Waals surface area contributed by atoms with Gasteiger partial charge in [-0.25, -0.2) is 4.98 Å². The minimum absolute atomic E-state index is 0.0802. The zero-order chi connectivity index (χ0) is 14.5. The lowest BCUT2D eigenvalue weighted by Gasteiger charge is -2.23. The molecule has 1 aromatic rings. The fraction of sp³-hybridized carbons (Fsp3) is 0.667. The van der Waals surface area contributed by atoms with E-state index in [9.17, 15) is 10.1 Å². The summed E-state index contributed by atoms with van der Waals surface area (Å²) in [7, 11) is 1.68. The highest BCUT2D eigenvalue weighted by Crippen LogP contribution is 2.26. The predicted octanol–water partition coefficient (Wildman–Crippen LogP) is 1.72. The molecule has 0 aromatic carbocycles. The van der Waals surface area contributed by atoms with Gasteiger partial charge in [-0.3, -0.25) is 10.1 Å². The number of hydrogen-bond donors (Lipinski definition) is 2. The van der Waals surface area contributed by atoms with Gasteiger partial charge < -0.3 is 15.4 Å². The van der Waals surface area contributed by atoms with E-state index in [2.05, 4.69) is 20.6 Å². The topological polar surface area (TPSA) is 102 Å². The van der Waals surface area contributed by atoms with Crippen LogP contribution in [0.3, 0.4) is 0 Å². The average Bonchev–Trinajstić information content (AvgIpc) is 2.45. The first-order valence-corrected chi connectivity index (χ1v) is 6.68. The van der Waals surface area contributed by atoms with Crippen molar-refractivity contribution in [1.29, 1.82) is 0 Å². The van der Waals surface area contributed by atoms with E-state index in [1.165, 1.54) is 0 Å². The Morgan fingerprint density at radius 3 is 2.85 bits per heavy atom. The molecule has 0 spiro atoms. The number of nitrogens with one attached hydrogen (secondary N) is 2. The SMILES string of the molecule is CNc1nc(C)c([N+](=O)[O-])c(NCC2CCCCO2)n1. The quantitative estimate of drug-likeness (QED) is 0.625. The third-order valence-corrected chi connectivity index (χ3v) is 3.24. The summed E-state index contributed by atoms with van der Waals surface area (Å²) in [5.41, 5.74) is 0.251. The highest BCUT2D eigenvalue weighted by molar-refractivity contribution is 5.60. The summed E-state index contributed by atoms with van der Waals surface area (Å²) < 4.78 is 5.60. The maximum Gasteiger partial charge on any atom is 0.332 e. The van der Waals surface area contributed by atoms with Crippen LogP contribution in [0.25, 0.3) is 0 Å². The monoisotopic (exact) mass is 281 g/mol. The van der Waals surface area contributed by atoms with Crippen LogP contribution in [-0.2, 0) is 4.74 Å². The van der Waals surface area contributed by atoms with E-state index in [0.29, 0.717) is 18.2 Å². The second-order valence-corrected chi connectivity index (χ2v) is 4.71. The van der Waals surface area contributed by atoms with Gasteiger partial charge in [0, 0.05) is 20.2 Å². The van der Waals surface area contributed by atoms with Gasteiger partial charge in [0.1, 0.15) is 5.69 Å². The molecule has 2 N–H and O–H groups in total. The van der Waals surface area contributed by atoms with Crippen molar-refractivity contribution in [2.45, 2.75) is 32.3 Å². The van der Waals surface area contributed by atoms with Crippen LogP contribution in [0, 0.1) is 17.0 Å². The number of aryl methyl sites for hydroxylation is 1. The lowest BCUT2D eigenvalue weighted by molar-refractivity contribution is -0.385. The number of rotatable bonds is 5. The van der Waals surface area contributed by atoms with Crippen molar-refractivity contribution in [1.82, 2.24) is 9.97 Å². The zero-order valence-corrected chi connectivity index (χ0v) is 11.7. The molecule has 1 saturated heterocycles. The van der Waals surface area contributed by atoms with Crippen molar-refractivity contribution in [3.05, 3.63) is 15.8 Å². The number of nitro groups is 1. The summed E-state index contributed by atoms with van der Waals surface area (Å²) in [6, 6.07) is 0. The molecule has 1 aromatic heterocycles. The van der Waals surface area contributed by atoms with Crippen LogP contribution in [0.1, 0.15) is 25.0 Å². The molecular weight excluding hydrogens is 262 g/mol. The Morgan fingerprint density at radius 1 is 1.45 bits per heavy atom. The summed E-state index contributed by atoms with van der Waals surface area (Å²) in [5, 5.41) is 16.9. The normalized spacial score (nSPS) is 18.6. The van der Waals surface area contributed by atoms with Crippen molar-refractivity contribution < 1.29 is 9.66 Å². The molecular formula is C12H19N5O3. The van der Waals surface area contributed by atoms with Crippen LogP contribution in [0.4, 0.5) is 17.5 Å². The Morgan fingerprint density at radius 2 is 2.25 bits per heavy atom. The first kappa shape index (κ1) is 14.4. The Bertz CT molecular complexity index is 488. The molecule has 1 fully saturated rings. The van der Waals surface area contributed by atoms with Crippen LogP contribution in [0.2, 0.25) is 0 Å². The van der Waals surface area contributed by atoms with Crippen molar-refractivity contribution in [3.8, 4) is 0 Å². The lowest BCUT2D eigenvalue weighted by Crippen LogP contribution is -2.27. The Balaban J connectivity index is 2.15. The van der Waals surface area contributed by atoms with E-state index in [4.69, 9.17) is 4.74 Å². The number of hydrogen-bond acceptors (Lipinski definition) is 7. The third-order valence-electron chi connectivity index (χ3n) is 3.24. The molecule has 1 aliphatic rings. The van der Waals surface area contributed by atoms with Crippen LogP contribution < -0.4 is 10.6 Å². The average molecular weight is 281 g/mol. The summed E-state index contributed by atoms with van der Waals surface area (Å²) in [5.74, 6) is 0.598. The molecule has 110 valence electrons. The molecule has 20 heavy (non-hydrogen) atoms. The van der Waals surface area contributed by atoms with E-state index in [0.717, 1.165) is 25.9 Å². The van der Waals surface area contributed by atoms with Gasteiger partial charge in [0.25, 0.3) is 0 Å². The second-order valence-electron chi connectivity index (χ2n) is 4.71. The molecule has 8 heteroatoms. The largest absolute Gasteiger partial charge is 0.376 e. The third kappa shape index (κ3) is 3.32. The van der Waals surface area contributed by atoms with Crippen molar-refractivity contribution in [2.75, 3.05) is 30.8 Å². The Hall–Kier alpha value is -1.96. The van der Waals surface area contributed by atoms with E-state index < -0.39 is 4.92 Å². The van der Waals surface area contributed by atoms with Gasteiger partial charge >= 0.3 is 5.69 Å². The van der Waals surface area contributed by atoms with Gasteiger partial charge in [-0.2, -0.15) is 4.98 Å². The lowest BCUT2D eigenvalue weighted by atomic mass is 10.1. The summed E-state index contributed by atoms with van der Waals surface area (Å²) in [6.45, 7) is 2.86. The van der Waals surface area contributed by atoms with E-state index in [1.54, 1.807) is 14.0 Å². The predicted molar refractivity (Wildman–Crippen MR) is 75.1 cm³/mol. The molecule has 2 heterocycles. The molecule has 8 nitrogen and oxygen atoms in total. The molecule has 1 aliphatic heterocycles. The molecule has 0 bridgehead atoms. The minimum atomic E-state index is -0.459. The maximum absolute atomic E-state index is 11.1. The van der Waals surface area contributed by atoms with Crippen molar-refractivity contribution in [2.24, 2.45) is 0 Å². The number of anilines is 2. The van der Waals surface area contributed by atoms with E-state index >= 15 is 0 Å². The highest BCUT2D eigenvalue weighted by atomic mass is 16.6. The number of aromatic nitrogens is 2. The second kappa shape index (κ2) is 6.47. The Labute approximate surface area is 117 Å². The van der Waals surface area contributed by atoms with Gasteiger partial charge in [-0.15, -0.1) is 0 Å². The molecule has 0 aliphatic carbocycles.